The zero-order valence-electron chi connectivity index (χ0n) is 14.2. The summed E-state index contributed by atoms with van der Waals surface area (Å²) in [6.07, 6.45) is 2.45. The summed E-state index contributed by atoms with van der Waals surface area (Å²) in [5.74, 6) is -0.238. The maximum atomic E-state index is 11.9. The predicted octanol–water partition coefficient (Wildman–Crippen LogP) is 0.411. The van der Waals surface area contributed by atoms with Crippen molar-refractivity contribution in [3.8, 4) is 0 Å². The molecule has 2 atom stereocenters. The summed E-state index contributed by atoms with van der Waals surface area (Å²) in [7, 11) is 4.14. The van der Waals surface area contributed by atoms with E-state index in [2.05, 4.69) is 14.1 Å². The first-order valence-corrected chi connectivity index (χ1v) is 7.93. The molecule has 1 rings (SSSR count). The van der Waals surface area contributed by atoms with Crippen LogP contribution < -0.4 is 4.90 Å². The normalized spacial score (nSPS) is 24.6. The second kappa shape index (κ2) is 7.56. The van der Waals surface area contributed by atoms with Crippen LogP contribution in [0.1, 0.15) is 46.5 Å². The number of aliphatic hydroxyl groups is 1. The number of quaternary nitrogens is 1. The van der Waals surface area contributed by atoms with Gasteiger partial charge in [-0.1, -0.05) is 0 Å². The molecule has 124 valence electrons. The van der Waals surface area contributed by atoms with Gasteiger partial charge in [-0.3, -0.25) is 4.79 Å². The van der Waals surface area contributed by atoms with Gasteiger partial charge in [-0.2, -0.15) is 0 Å². The van der Waals surface area contributed by atoms with Crippen molar-refractivity contribution in [1.29, 1.82) is 0 Å². The van der Waals surface area contributed by atoms with Crippen LogP contribution in [0.3, 0.4) is 0 Å². The Bertz CT molecular complexity index is 339. The molecule has 2 N–H and O–H groups in total. The average Bonchev–Trinajstić information content (AvgIpc) is 2.32. The summed E-state index contributed by atoms with van der Waals surface area (Å²) in [5.41, 5.74) is -1.25. The van der Waals surface area contributed by atoms with E-state index < -0.39 is 5.60 Å². The third kappa shape index (κ3) is 6.76. The Morgan fingerprint density at radius 2 is 2.14 bits per heavy atom. The van der Waals surface area contributed by atoms with Gasteiger partial charge in [0.05, 0.1) is 44.9 Å². The Morgan fingerprint density at radius 1 is 1.48 bits per heavy atom. The molecule has 5 heteroatoms. The Kier molecular flexibility index (Phi) is 6.63. The highest BCUT2D eigenvalue weighted by atomic mass is 16.5. The van der Waals surface area contributed by atoms with Crippen molar-refractivity contribution in [2.75, 3.05) is 33.9 Å². The van der Waals surface area contributed by atoms with Crippen molar-refractivity contribution in [1.82, 2.24) is 0 Å². The number of hydrogen-bond acceptors (Lipinski definition) is 4. The largest absolute Gasteiger partial charge is 0.465 e. The van der Waals surface area contributed by atoms with Gasteiger partial charge in [-0.15, -0.1) is 0 Å². The van der Waals surface area contributed by atoms with Crippen molar-refractivity contribution in [2.45, 2.75) is 57.7 Å². The van der Waals surface area contributed by atoms with E-state index in [0.717, 1.165) is 25.8 Å². The van der Waals surface area contributed by atoms with Crippen LogP contribution in [0, 0.1) is 5.92 Å². The third-order valence-corrected chi connectivity index (χ3v) is 4.16. The minimum atomic E-state index is -1.02. The van der Waals surface area contributed by atoms with Crippen molar-refractivity contribution in [2.24, 2.45) is 5.92 Å². The van der Waals surface area contributed by atoms with Crippen LogP contribution in [0.2, 0.25) is 0 Å². The average molecular weight is 302 g/mol. The minimum absolute atomic E-state index is 0.0581. The molecule has 1 saturated heterocycles. The predicted molar refractivity (Wildman–Crippen MR) is 81.2 cm³/mol. The Morgan fingerprint density at radius 3 is 2.71 bits per heavy atom. The number of nitrogens with one attached hydrogen (secondary N) is 1. The van der Waals surface area contributed by atoms with Gasteiger partial charge < -0.3 is 19.5 Å². The van der Waals surface area contributed by atoms with E-state index in [1.165, 1.54) is 4.90 Å². The van der Waals surface area contributed by atoms with Crippen molar-refractivity contribution in [3.63, 3.8) is 0 Å². The molecule has 0 radical (unpaired) electrons. The van der Waals surface area contributed by atoms with Gasteiger partial charge in [0.15, 0.2) is 0 Å². The molecule has 1 aliphatic heterocycles. The summed E-state index contributed by atoms with van der Waals surface area (Å²) < 4.78 is 10.9. The smallest absolute Gasteiger partial charge is 0.308 e. The molecular weight excluding hydrogens is 270 g/mol. The lowest BCUT2D eigenvalue weighted by Crippen LogP contribution is -3.05. The number of carbonyl (C=O) groups is 1. The van der Waals surface area contributed by atoms with Crippen molar-refractivity contribution in [3.05, 3.63) is 0 Å². The fourth-order valence-corrected chi connectivity index (χ4v) is 2.86. The number of ether oxygens (including phenoxy) is 2. The van der Waals surface area contributed by atoms with Crippen LogP contribution in [-0.2, 0) is 14.3 Å². The molecule has 0 unspecified atom stereocenters. The highest BCUT2D eigenvalue weighted by Gasteiger charge is 2.40. The van der Waals surface area contributed by atoms with Crippen molar-refractivity contribution >= 4 is 5.97 Å². The van der Waals surface area contributed by atoms with E-state index in [1.54, 1.807) is 6.92 Å². The van der Waals surface area contributed by atoms with Gasteiger partial charge in [-0.25, -0.2) is 0 Å². The summed E-state index contributed by atoms with van der Waals surface area (Å²) in [6, 6.07) is 0. The Labute approximate surface area is 128 Å². The Balaban J connectivity index is 2.38. The fourth-order valence-electron chi connectivity index (χ4n) is 2.86. The molecule has 0 aromatic rings. The first-order chi connectivity index (χ1) is 9.62. The lowest BCUT2D eigenvalue weighted by atomic mass is 9.76. The van der Waals surface area contributed by atoms with E-state index in [9.17, 15) is 9.90 Å². The van der Waals surface area contributed by atoms with Crippen LogP contribution in [0.25, 0.3) is 0 Å². The third-order valence-electron chi connectivity index (χ3n) is 4.16. The maximum Gasteiger partial charge on any atom is 0.308 e. The second-order valence-electron chi connectivity index (χ2n) is 7.36. The lowest BCUT2D eigenvalue weighted by molar-refractivity contribution is -0.858. The summed E-state index contributed by atoms with van der Waals surface area (Å²) in [5, 5.41) is 10.6. The highest BCUT2D eigenvalue weighted by Crippen LogP contribution is 2.37. The van der Waals surface area contributed by atoms with Gasteiger partial charge in [0.2, 0.25) is 0 Å². The van der Waals surface area contributed by atoms with E-state index in [-0.39, 0.29) is 23.9 Å². The molecule has 0 saturated carbocycles. The number of esters is 1. The van der Waals surface area contributed by atoms with Crippen LogP contribution in [0.15, 0.2) is 0 Å². The monoisotopic (exact) mass is 302 g/mol. The second-order valence-corrected chi connectivity index (χ2v) is 7.36. The van der Waals surface area contributed by atoms with E-state index in [0.29, 0.717) is 13.2 Å². The molecular formula is C16H32NO4+. The molecule has 0 aromatic heterocycles. The van der Waals surface area contributed by atoms with Gasteiger partial charge in [-0.05, 0) is 39.5 Å². The van der Waals surface area contributed by atoms with Gasteiger partial charge in [0, 0.05) is 13.0 Å². The minimum Gasteiger partial charge on any atom is -0.465 e. The molecule has 0 amide bonds. The lowest BCUT2D eigenvalue weighted by Gasteiger charge is -2.42. The van der Waals surface area contributed by atoms with Crippen molar-refractivity contribution < 1.29 is 24.3 Å². The van der Waals surface area contributed by atoms with Crippen LogP contribution in [0.4, 0.5) is 0 Å². The van der Waals surface area contributed by atoms with Crippen LogP contribution in [0.5, 0.6) is 0 Å². The van der Waals surface area contributed by atoms with Gasteiger partial charge >= 0.3 is 5.97 Å². The van der Waals surface area contributed by atoms with E-state index >= 15 is 0 Å². The van der Waals surface area contributed by atoms with Crippen LogP contribution in [-0.4, -0.2) is 56.1 Å². The molecule has 1 aliphatic rings. The zero-order chi connectivity index (χ0) is 16.1. The molecule has 1 fully saturated rings. The quantitative estimate of drug-likeness (QED) is 0.528. The van der Waals surface area contributed by atoms with Gasteiger partial charge in [0.1, 0.15) is 0 Å². The van der Waals surface area contributed by atoms with E-state index in [1.807, 2.05) is 13.8 Å². The molecule has 0 aliphatic carbocycles. The number of rotatable bonds is 7. The number of hydrogen-bond donors (Lipinski definition) is 2. The highest BCUT2D eigenvalue weighted by molar-refractivity contribution is 5.70. The molecule has 0 bridgehead atoms. The first-order valence-electron chi connectivity index (χ1n) is 7.93. The summed E-state index contributed by atoms with van der Waals surface area (Å²) in [4.78, 5) is 13.2. The molecule has 0 spiro atoms. The van der Waals surface area contributed by atoms with Crippen LogP contribution >= 0.6 is 0 Å². The molecule has 21 heavy (non-hydrogen) atoms. The summed E-state index contributed by atoms with van der Waals surface area (Å²) in [6.45, 7) is 7.82. The molecule has 5 nitrogen and oxygen atoms in total. The molecule has 0 aromatic carbocycles. The standard InChI is InChI=1S/C16H31NO4/c1-15(2)11-13(7-10-21-15)16(3,19)12-14(18)20-9-6-8-17(4)5/h13,19H,6-12H2,1-5H3/p+1/t13-,16-/m1/s1. The maximum absolute atomic E-state index is 11.9. The first kappa shape index (κ1) is 18.4. The SMILES string of the molecule is C[NH+](C)CCCOC(=O)C[C@@](C)(O)[C@@H]1CCOC(C)(C)C1. The Hall–Kier alpha value is -0.650. The topological polar surface area (TPSA) is 60.2 Å². The van der Waals surface area contributed by atoms with E-state index in [4.69, 9.17) is 9.47 Å². The molecule has 1 heterocycles. The van der Waals surface area contributed by atoms with Gasteiger partial charge in [0.25, 0.3) is 0 Å². The zero-order valence-corrected chi connectivity index (χ0v) is 14.2. The number of carbonyl (C=O) groups excluding carboxylic acids is 1. The fraction of sp³-hybridized carbons (Fsp3) is 0.938. The summed E-state index contributed by atoms with van der Waals surface area (Å²) >= 11 is 0.